The highest BCUT2D eigenvalue weighted by atomic mass is 127. The average Bonchev–Trinajstić information content (AvgIpc) is 3.13. The van der Waals surface area contributed by atoms with Crippen LogP contribution in [0.2, 0.25) is 0 Å². The third kappa shape index (κ3) is 3.30. The van der Waals surface area contributed by atoms with Gasteiger partial charge in [-0.15, -0.1) is 0 Å². The standard InChI is InChI=1S/C18H17IN2O2S/c1-3-12(2)21-17(22)16(24-18(21)23)11-15-5-4-10-20(15)14-8-6-13(19)7-9-14/h4-12H,3H2,1-2H3/b16-11+/t12-/m1/s1. The molecule has 0 bridgehead atoms. The van der Waals surface area contributed by atoms with Crippen LogP contribution in [0.15, 0.2) is 47.5 Å². The third-order valence-electron chi connectivity index (χ3n) is 4.02. The molecule has 0 aliphatic carbocycles. The fourth-order valence-corrected chi connectivity index (χ4v) is 3.80. The number of carbonyl (C=O) groups is 2. The maximum atomic E-state index is 12.5. The Morgan fingerprint density at radius 1 is 1.21 bits per heavy atom. The van der Waals surface area contributed by atoms with Crippen molar-refractivity contribution in [3.8, 4) is 5.69 Å². The molecule has 0 radical (unpaired) electrons. The van der Waals surface area contributed by atoms with Crippen molar-refractivity contribution in [2.75, 3.05) is 0 Å². The molecule has 0 N–H and O–H groups in total. The normalized spacial score (nSPS) is 17.8. The van der Waals surface area contributed by atoms with Crippen molar-refractivity contribution in [3.05, 3.63) is 56.8 Å². The quantitative estimate of drug-likeness (QED) is 0.489. The largest absolute Gasteiger partial charge is 0.317 e. The van der Waals surface area contributed by atoms with E-state index in [0.717, 1.165) is 29.6 Å². The Balaban J connectivity index is 1.93. The summed E-state index contributed by atoms with van der Waals surface area (Å²) < 4.78 is 3.17. The summed E-state index contributed by atoms with van der Waals surface area (Å²) in [5.74, 6) is -0.199. The number of rotatable bonds is 4. The summed E-state index contributed by atoms with van der Waals surface area (Å²) in [7, 11) is 0. The molecule has 0 spiro atoms. The van der Waals surface area contributed by atoms with E-state index in [0.29, 0.717) is 4.91 Å². The molecule has 1 fully saturated rings. The summed E-state index contributed by atoms with van der Waals surface area (Å²) >= 11 is 3.28. The number of aromatic nitrogens is 1. The van der Waals surface area contributed by atoms with Gasteiger partial charge in [-0.05, 0) is 90.2 Å². The third-order valence-corrected chi connectivity index (χ3v) is 5.62. The van der Waals surface area contributed by atoms with Gasteiger partial charge >= 0.3 is 0 Å². The predicted octanol–water partition coefficient (Wildman–Crippen LogP) is 4.92. The van der Waals surface area contributed by atoms with Crippen molar-refractivity contribution in [1.82, 2.24) is 9.47 Å². The summed E-state index contributed by atoms with van der Waals surface area (Å²) in [6.07, 6.45) is 4.50. The molecule has 0 unspecified atom stereocenters. The van der Waals surface area contributed by atoms with Gasteiger partial charge in [0, 0.05) is 27.2 Å². The van der Waals surface area contributed by atoms with E-state index in [1.54, 1.807) is 6.08 Å². The van der Waals surface area contributed by atoms with E-state index in [2.05, 4.69) is 22.6 Å². The summed E-state index contributed by atoms with van der Waals surface area (Å²) in [6, 6.07) is 11.9. The second-order valence-corrected chi connectivity index (χ2v) is 7.83. The number of benzene rings is 1. The summed E-state index contributed by atoms with van der Waals surface area (Å²) in [4.78, 5) is 26.5. The highest BCUT2D eigenvalue weighted by Crippen LogP contribution is 2.34. The number of nitrogens with zero attached hydrogens (tertiary/aromatic N) is 2. The van der Waals surface area contributed by atoms with Crippen molar-refractivity contribution in [2.45, 2.75) is 26.3 Å². The first-order chi connectivity index (χ1) is 11.5. The fraction of sp³-hybridized carbons (Fsp3) is 0.222. The van der Waals surface area contributed by atoms with E-state index < -0.39 is 0 Å². The lowest BCUT2D eigenvalue weighted by Crippen LogP contribution is -2.36. The Morgan fingerprint density at radius 3 is 2.58 bits per heavy atom. The number of carbonyl (C=O) groups excluding carboxylic acids is 2. The van der Waals surface area contributed by atoms with Crippen molar-refractivity contribution < 1.29 is 9.59 Å². The number of amides is 2. The monoisotopic (exact) mass is 452 g/mol. The number of hydrogen-bond donors (Lipinski definition) is 0. The van der Waals surface area contributed by atoms with E-state index in [1.807, 2.05) is 61.0 Å². The first-order valence-corrected chi connectivity index (χ1v) is 9.61. The maximum absolute atomic E-state index is 12.5. The minimum absolute atomic E-state index is 0.0774. The molecular formula is C18H17IN2O2S. The van der Waals surface area contributed by atoms with Crippen molar-refractivity contribution in [2.24, 2.45) is 0 Å². The number of halogens is 1. The molecule has 1 aliphatic rings. The lowest BCUT2D eigenvalue weighted by atomic mass is 10.2. The molecule has 2 aromatic rings. The molecule has 3 rings (SSSR count). The molecule has 124 valence electrons. The van der Waals surface area contributed by atoms with Crippen LogP contribution in [0, 0.1) is 3.57 Å². The molecule has 0 saturated carbocycles. The number of imide groups is 1. The molecular weight excluding hydrogens is 435 g/mol. The minimum Gasteiger partial charge on any atom is -0.317 e. The fourth-order valence-electron chi connectivity index (χ4n) is 2.53. The Hall–Kier alpha value is -1.54. The minimum atomic E-state index is -0.199. The van der Waals surface area contributed by atoms with Crippen LogP contribution < -0.4 is 0 Å². The van der Waals surface area contributed by atoms with E-state index in [9.17, 15) is 9.59 Å². The van der Waals surface area contributed by atoms with Crippen LogP contribution in [-0.4, -0.2) is 26.7 Å². The summed E-state index contributed by atoms with van der Waals surface area (Å²) in [5, 5.41) is -0.187. The molecule has 4 nitrogen and oxygen atoms in total. The maximum Gasteiger partial charge on any atom is 0.293 e. The van der Waals surface area contributed by atoms with E-state index in [4.69, 9.17) is 0 Å². The average molecular weight is 452 g/mol. The molecule has 2 amide bonds. The van der Waals surface area contributed by atoms with Crippen LogP contribution in [0.1, 0.15) is 26.0 Å². The Bertz CT molecular complexity index is 811. The number of thioether (sulfide) groups is 1. The van der Waals surface area contributed by atoms with Crippen molar-refractivity contribution in [1.29, 1.82) is 0 Å². The number of hydrogen-bond acceptors (Lipinski definition) is 3. The highest BCUT2D eigenvalue weighted by Gasteiger charge is 2.37. The molecule has 24 heavy (non-hydrogen) atoms. The predicted molar refractivity (Wildman–Crippen MR) is 106 cm³/mol. The van der Waals surface area contributed by atoms with Gasteiger partial charge in [-0.3, -0.25) is 14.5 Å². The van der Waals surface area contributed by atoms with E-state index in [1.165, 1.54) is 8.47 Å². The zero-order valence-electron chi connectivity index (χ0n) is 13.4. The second kappa shape index (κ2) is 7.14. The zero-order chi connectivity index (χ0) is 17.3. The van der Waals surface area contributed by atoms with Crippen molar-refractivity contribution in [3.63, 3.8) is 0 Å². The van der Waals surface area contributed by atoms with Crippen LogP contribution in [0.25, 0.3) is 11.8 Å². The van der Waals surface area contributed by atoms with Gasteiger partial charge in [0.05, 0.1) is 4.91 Å². The SMILES string of the molecule is CC[C@@H](C)N1C(=O)S/C(=C/c2cccn2-c2ccc(I)cc2)C1=O. The van der Waals surface area contributed by atoms with Crippen LogP contribution in [0.4, 0.5) is 4.79 Å². The molecule has 1 saturated heterocycles. The second-order valence-electron chi connectivity index (χ2n) is 5.59. The summed E-state index contributed by atoms with van der Waals surface area (Å²) in [6.45, 7) is 3.87. The highest BCUT2D eigenvalue weighted by molar-refractivity contribution is 14.1. The van der Waals surface area contributed by atoms with Crippen molar-refractivity contribution >= 4 is 51.6 Å². The molecule has 1 aromatic carbocycles. The van der Waals surface area contributed by atoms with Gasteiger partial charge in [-0.1, -0.05) is 6.92 Å². The smallest absolute Gasteiger partial charge is 0.293 e. The molecule has 1 aliphatic heterocycles. The van der Waals surface area contributed by atoms with Crippen LogP contribution in [0.5, 0.6) is 0 Å². The van der Waals surface area contributed by atoms with Gasteiger partial charge in [0.15, 0.2) is 0 Å². The van der Waals surface area contributed by atoms with Gasteiger partial charge in [0.1, 0.15) is 0 Å². The molecule has 1 aromatic heterocycles. The topological polar surface area (TPSA) is 42.3 Å². The van der Waals surface area contributed by atoms with Gasteiger partial charge in [0.25, 0.3) is 11.1 Å². The van der Waals surface area contributed by atoms with Gasteiger partial charge < -0.3 is 4.57 Å². The van der Waals surface area contributed by atoms with Gasteiger partial charge in [-0.2, -0.15) is 0 Å². The lowest BCUT2D eigenvalue weighted by molar-refractivity contribution is -0.124. The molecule has 2 heterocycles. The first kappa shape index (κ1) is 17.3. The Morgan fingerprint density at radius 2 is 1.92 bits per heavy atom. The zero-order valence-corrected chi connectivity index (χ0v) is 16.4. The summed E-state index contributed by atoms with van der Waals surface area (Å²) in [5.41, 5.74) is 1.90. The molecule has 1 atom stereocenters. The van der Waals surface area contributed by atoms with E-state index in [-0.39, 0.29) is 17.2 Å². The van der Waals surface area contributed by atoms with Crippen LogP contribution >= 0.6 is 34.4 Å². The van der Waals surface area contributed by atoms with Crippen LogP contribution in [-0.2, 0) is 4.79 Å². The lowest BCUT2D eigenvalue weighted by Gasteiger charge is -2.19. The van der Waals surface area contributed by atoms with Crippen LogP contribution in [0.3, 0.4) is 0 Å². The van der Waals surface area contributed by atoms with E-state index >= 15 is 0 Å². The molecule has 6 heteroatoms. The van der Waals surface area contributed by atoms with Gasteiger partial charge in [0.2, 0.25) is 0 Å². The Labute approximate surface area is 159 Å². The Kier molecular flexibility index (Phi) is 5.15. The van der Waals surface area contributed by atoms with Gasteiger partial charge in [-0.25, -0.2) is 0 Å². The first-order valence-electron chi connectivity index (χ1n) is 7.71.